The lowest BCUT2D eigenvalue weighted by Crippen LogP contribution is -2.50. The summed E-state index contributed by atoms with van der Waals surface area (Å²) in [4.78, 5) is 25.3. The van der Waals surface area contributed by atoms with Gasteiger partial charge in [0.2, 0.25) is 5.91 Å². The fourth-order valence-electron chi connectivity index (χ4n) is 5.78. The summed E-state index contributed by atoms with van der Waals surface area (Å²) in [5.74, 6) is 1.45. The predicted octanol–water partition coefficient (Wildman–Crippen LogP) is 2.25. The number of H-pyrrole nitrogens is 2. The van der Waals surface area contributed by atoms with Crippen LogP contribution in [-0.4, -0.2) is 75.5 Å². The molecule has 1 aliphatic heterocycles. The van der Waals surface area contributed by atoms with Gasteiger partial charge in [-0.05, 0) is 49.7 Å². The molecule has 1 saturated heterocycles. The molecule has 1 aromatic carbocycles. The average molecular weight is 465 g/mol. The molecule has 1 amide bonds. The number of fused-ring (bicyclic) bond motifs is 3. The molecule has 3 N–H and O–H groups in total. The molecule has 3 atom stereocenters. The number of rotatable bonds is 5. The highest BCUT2D eigenvalue weighted by Gasteiger charge is 2.53. The lowest BCUT2D eigenvalue weighted by atomic mass is 9.88. The monoisotopic (exact) mass is 464 g/mol. The van der Waals surface area contributed by atoms with Gasteiger partial charge < -0.3 is 19.7 Å². The molecule has 9 nitrogen and oxygen atoms in total. The van der Waals surface area contributed by atoms with Gasteiger partial charge in [-0.15, -0.1) is 0 Å². The molecule has 0 spiro atoms. The molecule has 2 aliphatic carbocycles. The molecule has 2 fully saturated rings. The van der Waals surface area contributed by atoms with Crippen LogP contribution in [0.15, 0.2) is 12.1 Å². The second-order valence-corrected chi connectivity index (χ2v) is 10.4. The number of aromatic nitrogens is 4. The van der Waals surface area contributed by atoms with Crippen molar-refractivity contribution in [2.45, 2.75) is 45.8 Å². The summed E-state index contributed by atoms with van der Waals surface area (Å²) in [6.45, 7) is 6.94. The minimum Gasteiger partial charge on any atom is -0.392 e. The van der Waals surface area contributed by atoms with E-state index in [1.807, 2.05) is 19.1 Å². The van der Waals surface area contributed by atoms with Crippen LogP contribution in [0.4, 0.5) is 5.69 Å². The van der Waals surface area contributed by atoms with Crippen molar-refractivity contribution >= 4 is 22.6 Å². The van der Waals surface area contributed by atoms with Gasteiger partial charge in [-0.2, -0.15) is 5.10 Å². The number of hydrogen-bond acceptors (Lipinski definition) is 6. The van der Waals surface area contributed by atoms with Gasteiger partial charge in [0, 0.05) is 42.6 Å². The van der Waals surface area contributed by atoms with Gasteiger partial charge in [0.25, 0.3) is 0 Å². The second-order valence-electron chi connectivity index (χ2n) is 10.4. The van der Waals surface area contributed by atoms with E-state index in [4.69, 9.17) is 9.72 Å². The minimum absolute atomic E-state index is 0.00903. The Bertz CT molecular complexity index is 1260. The summed E-state index contributed by atoms with van der Waals surface area (Å²) in [5.41, 5.74) is 6.72. The van der Waals surface area contributed by atoms with Gasteiger partial charge in [-0.3, -0.25) is 14.8 Å². The number of aliphatic hydroxyl groups excluding tert-OH is 1. The smallest absolute Gasteiger partial charge is 0.243 e. The van der Waals surface area contributed by atoms with E-state index in [9.17, 15) is 9.90 Å². The summed E-state index contributed by atoms with van der Waals surface area (Å²) in [6.07, 6.45) is 3.35. The van der Waals surface area contributed by atoms with Crippen molar-refractivity contribution in [2.24, 2.45) is 11.3 Å². The van der Waals surface area contributed by atoms with E-state index in [1.54, 1.807) is 11.9 Å². The number of nitrogens with zero attached hydrogens (tertiary/aromatic N) is 4. The van der Waals surface area contributed by atoms with Crippen molar-refractivity contribution in [1.82, 2.24) is 25.1 Å². The van der Waals surface area contributed by atoms with Gasteiger partial charge in [0.15, 0.2) is 5.82 Å². The van der Waals surface area contributed by atoms with Crippen LogP contribution in [0, 0.1) is 11.3 Å². The molecule has 0 bridgehead atoms. The maximum Gasteiger partial charge on any atom is 0.243 e. The molecule has 2 aromatic heterocycles. The molecule has 6 rings (SSSR count). The van der Waals surface area contributed by atoms with E-state index in [0.29, 0.717) is 30.0 Å². The Hall–Kier alpha value is -2.75. The van der Waals surface area contributed by atoms with Crippen LogP contribution in [-0.2, 0) is 29.0 Å². The Morgan fingerprint density at radius 1 is 1.38 bits per heavy atom. The summed E-state index contributed by atoms with van der Waals surface area (Å²) >= 11 is 0. The first-order valence-electron chi connectivity index (χ1n) is 12.2. The van der Waals surface area contributed by atoms with E-state index in [0.717, 1.165) is 54.3 Å². The highest BCUT2D eigenvalue weighted by molar-refractivity contribution is 5.98. The number of likely N-dealkylation sites (N-methyl/N-ethyl adjacent to an activating group) is 1. The number of aromatic amines is 2. The van der Waals surface area contributed by atoms with Crippen molar-refractivity contribution in [3.63, 3.8) is 0 Å². The van der Waals surface area contributed by atoms with Crippen molar-refractivity contribution < 1.29 is 14.6 Å². The highest BCUT2D eigenvalue weighted by Crippen LogP contribution is 2.59. The number of aliphatic hydroxyl groups is 1. The summed E-state index contributed by atoms with van der Waals surface area (Å²) in [7, 11) is 1.78. The number of ether oxygens (including phenoxy) is 1. The maximum atomic E-state index is 13.2. The minimum atomic E-state index is -0.249. The van der Waals surface area contributed by atoms with Crippen LogP contribution in [0.5, 0.6) is 0 Å². The fourth-order valence-corrected chi connectivity index (χ4v) is 5.78. The molecule has 180 valence electrons. The molecule has 0 radical (unpaired) electrons. The van der Waals surface area contributed by atoms with Crippen molar-refractivity contribution in [2.75, 3.05) is 38.3 Å². The summed E-state index contributed by atoms with van der Waals surface area (Å²) < 4.78 is 5.42. The molecule has 3 aliphatic rings. The first-order chi connectivity index (χ1) is 16.4. The number of carbonyl (C=O) groups is 1. The van der Waals surface area contributed by atoms with E-state index in [2.05, 4.69) is 27.0 Å². The zero-order chi connectivity index (χ0) is 23.6. The average Bonchev–Trinajstić information content (AvgIpc) is 3.15. The Kier molecular flexibility index (Phi) is 5.05. The van der Waals surface area contributed by atoms with Crippen LogP contribution >= 0.6 is 0 Å². The summed E-state index contributed by atoms with van der Waals surface area (Å²) in [5, 5.41) is 17.9. The third-order valence-corrected chi connectivity index (χ3v) is 8.25. The number of amides is 1. The van der Waals surface area contributed by atoms with Gasteiger partial charge in [-0.25, -0.2) is 4.98 Å². The molecule has 0 unspecified atom stereocenters. The Balaban J connectivity index is 1.32. The van der Waals surface area contributed by atoms with Crippen LogP contribution < -0.4 is 4.90 Å². The number of imidazole rings is 1. The number of hydrogen-bond donors (Lipinski definition) is 3. The molecular formula is C25H32N6O3. The largest absolute Gasteiger partial charge is 0.392 e. The zero-order valence-corrected chi connectivity index (χ0v) is 20.0. The third kappa shape index (κ3) is 3.45. The number of anilines is 1. The summed E-state index contributed by atoms with van der Waals surface area (Å²) in [6, 6.07) is 3.53. The van der Waals surface area contributed by atoms with Crippen LogP contribution in [0.3, 0.4) is 0 Å². The molecule has 1 saturated carbocycles. The molecule has 9 heteroatoms. The maximum absolute atomic E-state index is 13.2. The van der Waals surface area contributed by atoms with Crippen molar-refractivity contribution in [3.8, 4) is 11.5 Å². The number of benzene rings is 1. The van der Waals surface area contributed by atoms with Crippen molar-refractivity contribution in [1.29, 1.82) is 0 Å². The van der Waals surface area contributed by atoms with Gasteiger partial charge in [0.05, 0.1) is 36.9 Å². The second kappa shape index (κ2) is 7.90. The fraction of sp³-hybridized carbons (Fsp3) is 0.560. The van der Waals surface area contributed by atoms with Crippen LogP contribution in [0.1, 0.15) is 37.1 Å². The van der Waals surface area contributed by atoms with E-state index < -0.39 is 0 Å². The number of carbonyl (C=O) groups excluding carboxylic acids is 1. The molecule has 34 heavy (non-hydrogen) atoms. The van der Waals surface area contributed by atoms with E-state index in [-0.39, 0.29) is 18.6 Å². The van der Waals surface area contributed by atoms with Gasteiger partial charge in [-0.1, -0.05) is 6.92 Å². The van der Waals surface area contributed by atoms with E-state index in [1.165, 1.54) is 17.7 Å². The first kappa shape index (κ1) is 21.8. The normalized spacial score (nSPS) is 25.1. The SMILES string of the molecule is C[C@@H](C(=O)N(C)c1cc(CO)c2[nH]c(-c3n[nH]c4c3C[C@@H]3C[C@]3(C)C4)nc2c1)N1CCOCC1. The third-order valence-electron chi connectivity index (χ3n) is 8.25. The molecule has 3 aromatic rings. The van der Waals surface area contributed by atoms with Crippen molar-refractivity contribution in [3.05, 3.63) is 29.0 Å². The zero-order valence-electron chi connectivity index (χ0n) is 20.0. The van der Waals surface area contributed by atoms with Crippen LogP contribution in [0.25, 0.3) is 22.6 Å². The van der Waals surface area contributed by atoms with Gasteiger partial charge >= 0.3 is 0 Å². The Labute approximate surface area is 198 Å². The Morgan fingerprint density at radius 3 is 2.94 bits per heavy atom. The molecule has 3 heterocycles. The number of nitrogens with one attached hydrogen (secondary N) is 2. The van der Waals surface area contributed by atoms with Crippen LogP contribution in [0.2, 0.25) is 0 Å². The lowest BCUT2D eigenvalue weighted by Gasteiger charge is -2.33. The molecular weight excluding hydrogens is 432 g/mol. The predicted molar refractivity (Wildman–Crippen MR) is 128 cm³/mol. The van der Waals surface area contributed by atoms with E-state index >= 15 is 0 Å². The lowest BCUT2D eigenvalue weighted by molar-refractivity contribution is -0.124. The van der Waals surface area contributed by atoms with Gasteiger partial charge in [0.1, 0.15) is 5.69 Å². The standard InChI is InChI=1S/C25H32N6O3/c1-14(31-4-6-34-7-5-31)24(33)30(3)17-8-15(13-32)21-19(10-17)26-23(27-21)22-18-9-16-11-25(16,2)12-20(18)28-29-22/h8,10,14,16,32H,4-7,9,11-13H2,1-3H3,(H,26,27)(H,28,29)/t14-,16+,25+/m0/s1. The topological polar surface area (TPSA) is 110 Å². The quantitative estimate of drug-likeness (QED) is 0.534. The number of morpholine rings is 1. The Morgan fingerprint density at radius 2 is 2.18 bits per heavy atom. The first-order valence-corrected chi connectivity index (χ1v) is 12.2. The highest BCUT2D eigenvalue weighted by atomic mass is 16.5.